The SMILES string of the molecule is CSC(C)(C)Cn1c(Cl)nnc1C(C)C. The van der Waals surface area contributed by atoms with Gasteiger partial charge in [-0.05, 0) is 31.7 Å². The second kappa shape index (κ2) is 4.74. The Morgan fingerprint density at radius 3 is 2.47 bits per heavy atom. The van der Waals surface area contributed by atoms with Gasteiger partial charge in [0.15, 0.2) is 0 Å². The Balaban J connectivity index is 2.98. The Kier molecular flexibility index (Phi) is 4.06. The van der Waals surface area contributed by atoms with Gasteiger partial charge in [0.05, 0.1) is 0 Å². The molecule has 1 aromatic rings. The third-order valence-electron chi connectivity index (χ3n) is 2.34. The Hall–Kier alpha value is -0.220. The Labute approximate surface area is 101 Å². The first-order chi connectivity index (χ1) is 6.87. The number of hydrogen-bond acceptors (Lipinski definition) is 3. The fourth-order valence-corrected chi connectivity index (χ4v) is 1.76. The summed E-state index contributed by atoms with van der Waals surface area (Å²) in [6.45, 7) is 9.43. The molecule has 0 spiro atoms. The molecule has 86 valence electrons. The van der Waals surface area contributed by atoms with Crippen LogP contribution in [0, 0.1) is 0 Å². The van der Waals surface area contributed by atoms with Gasteiger partial charge in [0.25, 0.3) is 0 Å². The first-order valence-electron chi connectivity index (χ1n) is 5.01. The summed E-state index contributed by atoms with van der Waals surface area (Å²) >= 11 is 7.85. The second-order valence-corrected chi connectivity index (χ2v) is 6.38. The molecule has 0 radical (unpaired) electrons. The van der Waals surface area contributed by atoms with E-state index in [0.717, 1.165) is 12.4 Å². The molecule has 3 nitrogen and oxygen atoms in total. The van der Waals surface area contributed by atoms with Crippen molar-refractivity contribution in [3.63, 3.8) is 0 Å². The minimum atomic E-state index is 0.148. The summed E-state index contributed by atoms with van der Waals surface area (Å²) in [7, 11) is 0. The van der Waals surface area contributed by atoms with Crippen molar-refractivity contribution >= 4 is 23.4 Å². The Morgan fingerprint density at radius 2 is 2.00 bits per heavy atom. The van der Waals surface area contributed by atoms with E-state index in [1.165, 1.54) is 0 Å². The molecule has 0 N–H and O–H groups in total. The zero-order valence-corrected chi connectivity index (χ0v) is 11.5. The minimum absolute atomic E-state index is 0.148. The van der Waals surface area contributed by atoms with E-state index in [4.69, 9.17) is 11.6 Å². The van der Waals surface area contributed by atoms with Crippen molar-refractivity contribution in [1.82, 2.24) is 14.8 Å². The van der Waals surface area contributed by atoms with E-state index in [0.29, 0.717) is 11.2 Å². The van der Waals surface area contributed by atoms with Crippen LogP contribution >= 0.6 is 23.4 Å². The topological polar surface area (TPSA) is 30.7 Å². The first-order valence-corrected chi connectivity index (χ1v) is 6.61. The Bertz CT molecular complexity index is 333. The van der Waals surface area contributed by atoms with Gasteiger partial charge in [0, 0.05) is 17.2 Å². The molecule has 0 saturated carbocycles. The molecule has 0 aliphatic carbocycles. The van der Waals surface area contributed by atoms with Gasteiger partial charge in [-0.25, -0.2) is 0 Å². The fraction of sp³-hybridized carbons (Fsp3) is 0.800. The van der Waals surface area contributed by atoms with E-state index >= 15 is 0 Å². The van der Waals surface area contributed by atoms with Crippen LogP contribution in [0.4, 0.5) is 0 Å². The van der Waals surface area contributed by atoms with Crippen LogP contribution in [-0.4, -0.2) is 25.8 Å². The third kappa shape index (κ3) is 3.11. The van der Waals surface area contributed by atoms with E-state index in [2.05, 4.69) is 44.1 Å². The van der Waals surface area contributed by atoms with Gasteiger partial charge in [-0.1, -0.05) is 13.8 Å². The number of nitrogens with zero attached hydrogens (tertiary/aromatic N) is 3. The second-order valence-electron chi connectivity index (χ2n) is 4.53. The summed E-state index contributed by atoms with van der Waals surface area (Å²) in [6, 6.07) is 0. The molecule has 1 rings (SSSR count). The van der Waals surface area contributed by atoms with Crippen molar-refractivity contribution < 1.29 is 0 Å². The van der Waals surface area contributed by atoms with Gasteiger partial charge in [-0.3, -0.25) is 0 Å². The lowest BCUT2D eigenvalue weighted by Crippen LogP contribution is -2.24. The highest BCUT2D eigenvalue weighted by Crippen LogP contribution is 2.27. The zero-order chi connectivity index (χ0) is 11.6. The van der Waals surface area contributed by atoms with Crippen LogP contribution in [0.2, 0.25) is 5.28 Å². The monoisotopic (exact) mass is 247 g/mol. The maximum atomic E-state index is 6.03. The summed E-state index contributed by atoms with van der Waals surface area (Å²) < 4.78 is 2.15. The number of aromatic nitrogens is 3. The summed E-state index contributed by atoms with van der Waals surface area (Å²) in [5.74, 6) is 1.31. The van der Waals surface area contributed by atoms with Gasteiger partial charge in [-0.2, -0.15) is 11.8 Å². The lowest BCUT2D eigenvalue weighted by Gasteiger charge is -2.24. The van der Waals surface area contributed by atoms with Crippen LogP contribution in [0.3, 0.4) is 0 Å². The molecule has 0 saturated heterocycles. The van der Waals surface area contributed by atoms with Crippen molar-refractivity contribution in [3.05, 3.63) is 11.1 Å². The molecule has 0 unspecified atom stereocenters. The smallest absolute Gasteiger partial charge is 0.225 e. The molecule has 0 aromatic carbocycles. The van der Waals surface area contributed by atoms with Gasteiger partial charge >= 0.3 is 0 Å². The molecule has 1 heterocycles. The first kappa shape index (κ1) is 12.8. The molecule has 0 atom stereocenters. The van der Waals surface area contributed by atoms with E-state index in [1.54, 1.807) is 0 Å². The van der Waals surface area contributed by atoms with Crippen LogP contribution in [0.15, 0.2) is 0 Å². The lowest BCUT2D eigenvalue weighted by molar-refractivity contribution is 0.535. The summed E-state index contributed by atoms with van der Waals surface area (Å²) in [5, 5.41) is 8.52. The largest absolute Gasteiger partial charge is 0.300 e. The summed E-state index contributed by atoms with van der Waals surface area (Å²) in [5.41, 5.74) is 0. The molecule has 0 fully saturated rings. The van der Waals surface area contributed by atoms with Crippen molar-refractivity contribution in [1.29, 1.82) is 0 Å². The van der Waals surface area contributed by atoms with Crippen molar-refractivity contribution in [2.75, 3.05) is 6.26 Å². The van der Waals surface area contributed by atoms with Crippen LogP contribution in [0.25, 0.3) is 0 Å². The van der Waals surface area contributed by atoms with Crippen molar-refractivity contribution in [2.45, 2.75) is 44.9 Å². The molecule has 0 amide bonds. The van der Waals surface area contributed by atoms with Crippen LogP contribution in [0.1, 0.15) is 39.4 Å². The number of thioether (sulfide) groups is 1. The van der Waals surface area contributed by atoms with E-state index < -0.39 is 0 Å². The quantitative estimate of drug-likeness (QED) is 0.819. The van der Waals surface area contributed by atoms with Crippen LogP contribution in [0.5, 0.6) is 0 Å². The highest BCUT2D eigenvalue weighted by atomic mass is 35.5. The lowest BCUT2D eigenvalue weighted by atomic mass is 10.1. The summed E-state index contributed by atoms with van der Waals surface area (Å²) in [4.78, 5) is 0. The van der Waals surface area contributed by atoms with Crippen molar-refractivity contribution in [2.24, 2.45) is 0 Å². The molecule has 0 aliphatic heterocycles. The van der Waals surface area contributed by atoms with Crippen LogP contribution in [-0.2, 0) is 6.54 Å². The molecule has 0 bridgehead atoms. The molecule has 15 heavy (non-hydrogen) atoms. The number of halogens is 1. The maximum absolute atomic E-state index is 6.03. The minimum Gasteiger partial charge on any atom is -0.300 e. The van der Waals surface area contributed by atoms with E-state index in [-0.39, 0.29) is 4.75 Å². The molecular formula is C10H18ClN3S. The Morgan fingerprint density at radius 1 is 1.40 bits per heavy atom. The third-order valence-corrected chi connectivity index (χ3v) is 3.86. The number of hydrogen-bond donors (Lipinski definition) is 0. The van der Waals surface area contributed by atoms with E-state index in [1.807, 2.05) is 16.3 Å². The average Bonchev–Trinajstić information content (AvgIpc) is 2.48. The zero-order valence-electron chi connectivity index (χ0n) is 9.91. The summed E-state index contributed by atoms with van der Waals surface area (Å²) in [6.07, 6.45) is 2.10. The molecular weight excluding hydrogens is 230 g/mol. The molecule has 0 aliphatic rings. The van der Waals surface area contributed by atoms with Gasteiger partial charge < -0.3 is 4.57 Å². The van der Waals surface area contributed by atoms with Gasteiger partial charge in [-0.15, -0.1) is 10.2 Å². The molecule has 1 aromatic heterocycles. The highest BCUT2D eigenvalue weighted by molar-refractivity contribution is 7.99. The predicted octanol–water partition coefficient (Wildman–Crippen LogP) is 3.20. The normalized spacial score (nSPS) is 12.5. The fourth-order valence-electron chi connectivity index (χ4n) is 1.31. The predicted molar refractivity (Wildman–Crippen MR) is 66.7 cm³/mol. The maximum Gasteiger partial charge on any atom is 0.225 e. The standard InChI is InChI=1S/C10H18ClN3S/c1-7(2)8-12-13-9(11)14(8)6-10(3,4)15-5/h7H,6H2,1-5H3. The van der Waals surface area contributed by atoms with E-state index in [9.17, 15) is 0 Å². The van der Waals surface area contributed by atoms with Gasteiger partial charge in [0.2, 0.25) is 5.28 Å². The van der Waals surface area contributed by atoms with Crippen molar-refractivity contribution in [3.8, 4) is 0 Å². The average molecular weight is 248 g/mol. The highest BCUT2D eigenvalue weighted by Gasteiger charge is 2.22. The van der Waals surface area contributed by atoms with Crippen LogP contribution < -0.4 is 0 Å². The molecule has 5 heteroatoms. The number of rotatable bonds is 4. The van der Waals surface area contributed by atoms with Gasteiger partial charge in [0.1, 0.15) is 5.82 Å².